The van der Waals surface area contributed by atoms with Gasteiger partial charge in [0, 0.05) is 10.8 Å². The summed E-state index contributed by atoms with van der Waals surface area (Å²) in [5, 5.41) is 11.8. The summed E-state index contributed by atoms with van der Waals surface area (Å²) in [6, 6.07) is 18.4. The maximum absolute atomic E-state index is 14.0. The van der Waals surface area contributed by atoms with Crippen molar-refractivity contribution < 1.29 is 24.0 Å². The molecule has 34 heavy (non-hydrogen) atoms. The van der Waals surface area contributed by atoms with Gasteiger partial charge in [-0.25, -0.2) is 0 Å². The van der Waals surface area contributed by atoms with Crippen LogP contribution in [0.2, 0.25) is 0 Å². The minimum Gasteiger partial charge on any atom is -0.490 e. The fraction of sp³-hybridized carbons (Fsp3) is 0.333. The molecule has 0 bridgehead atoms. The Morgan fingerprint density at radius 3 is 2.53 bits per heavy atom. The molecule has 0 radical (unpaired) electrons. The third-order valence-electron chi connectivity index (χ3n) is 6.77. The molecule has 2 aliphatic rings. The molecule has 0 saturated heterocycles. The quantitative estimate of drug-likeness (QED) is 0.247. The van der Waals surface area contributed by atoms with Crippen molar-refractivity contribution in [2.24, 2.45) is 11.3 Å². The van der Waals surface area contributed by atoms with Crippen LogP contribution >= 0.6 is 0 Å². The van der Waals surface area contributed by atoms with Crippen molar-refractivity contribution >= 4 is 17.8 Å². The van der Waals surface area contributed by atoms with Crippen LogP contribution in [0.5, 0.6) is 0 Å². The minimum absolute atomic E-state index is 0.180. The van der Waals surface area contributed by atoms with Crippen LogP contribution in [-0.2, 0) is 19.1 Å². The highest BCUT2D eigenvalue weighted by Gasteiger charge is 2.66. The van der Waals surface area contributed by atoms with Gasteiger partial charge in [-0.2, -0.15) is 0 Å². The second-order valence-electron chi connectivity index (χ2n) is 8.58. The van der Waals surface area contributed by atoms with Crippen LogP contribution in [0.25, 0.3) is 6.08 Å². The molecule has 0 amide bonds. The lowest BCUT2D eigenvalue weighted by atomic mass is 9.62. The Labute approximate surface area is 198 Å². The molecule has 0 fully saturated rings. The first kappa shape index (κ1) is 23.4. The van der Waals surface area contributed by atoms with E-state index in [1.165, 1.54) is 7.11 Å². The number of carbonyl (C=O) groups excluding carboxylic acids is 2. The zero-order valence-corrected chi connectivity index (χ0v) is 19.0. The molecule has 2 aromatic carbocycles. The van der Waals surface area contributed by atoms with Gasteiger partial charge in [0.05, 0.1) is 19.6 Å². The summed E-state index contributed by atoms with van der Waals surface area (Å²) in [4.78, 5) is 38.9. The van der Waals surface area contributed by atoms with E-state index in [1.807, 2.05) is 42.5 Å². The zero-order valence-electron chi connectivity index (χ0n) is 19.0. The summed E-state index contributed by atoms with van der Waals surface area (Å²) in [6.07, 6.45) is 5.51. The van der Waals surface area contributed by atoms with Gasteiger partial charge in [0.25, 0.3) is 0 Å². The largest absolute Gasteiger partial charge is 0.490 e. The van der Waals surface area contributed by atoms with Gasteiger partial charge < -0.3 is 9.47 Å². The average molecular weight is 462 g/mol. The Balaban J connectivity index is 1.86. The maximum Gasteiger partial charge on any atom is 0.321 e. The van der Waals surface area contributed by atoms with Crippen molar-refractivity contribution in [1.29, 1.82) is 0 Å². The van der Waals surface area contributed by atoms with Gasteiger partial charge in [-0.1, -0.05) is 72.8 Å². The molecule has 2 aromatic rings. The van der Waals surface area contributed by atoms with E-state index in [9.17, 15) is 19.7 Å². The molecule has 0 spiro atoms. The van der Waals surface area contributed by atoms with E-state index in [-0.39, 0.29) is 5.76 Å². The van der Waals surface area contributed by atoms with Crippen molar-refractivity contribution in [2.45, 2.75) is 25.2 Å². The Morgan fingerprint density at radius 1 is 1.21 bits per heavy atom. The summed E-state index contributed by atoms with van der Waals surface area (Å²) in [5.41, 5.74) is 0.507. The monoisotopic (exact) mass is 461 g/mol. The van der Waals surface area contributed by atoms with E-state index in [2.05, 4.69) is 0 Å². The van der Waals surface area contributed by atoms with Crippen LogP contribution in [0.4, 0.5) is 0 Å². The highest BCUT2D eigenvalue weighted by atomic mass is 16.6. The number of nitrogens with zero attached hydrogens (tertiary/aromatic N) is 1. The molecule has 0 saturated carbocycles. The summed E-state index contributed by atoms with van der Waals surface area (Å²) in [7, 11) is 1.22. The number of nitro groups is 1. The molecule has 7 heteroatoms. The van der Waals surface area contributed by atoms with Crippen LogP contribution < -0.4 is 0 Å². The summed E-state index contributed by atoms with van der Waals surface area (Å²) in [6.45, 7) is -0.204. The molecular weight excluding hydrogens is 434 g/mol. The topological polar surface area (TPSA) is 95.7 Å². The standard InChI is InChI=1S/C27H27NO6/c1-33-26(30)27(23(18-28(31)32)20-13-6-3-7-14-20)22(16-8-12-19-10-4-2-5-11-19)21-15-9-17-34-24(21)25(27)29/h2-8,10-14,22-23H,9,15-18H2,1H3/b12-8+/t22-,23+,27-/m1/s1. The number of methoxy groups -OCH3 is 1. The Hall–Kier alpha value is -3.74. The molecule has 1 aliphatic carbocycles. The van der Waals surface area contributed by atoms with Gasteiger partial charge in [-0.3, -0.25) is 19.7 Å². The third-order valence-corrected chi connectivity index (χ3v) is 6.77. The van der Waals surface area contributed by atoms with Crippen molar-refractivity contribution in [1.82, 2.24) is 0 Å². The van der Waals surface area contributed by atoms with Crippen LogP contribution in [-0.4, -0.2) is 36.9 Å². The summed E-state index contributed by atoms with van der Waals surface area (Å²) < 4.78 is 11.0. The number of esters is 1. The van der Waals surface area contributed by atoms with Gasteiger partial charge in [0.2, 0.25) is 12.3 Å². The molecule has 1 aliphatic heterocycles. The van der Waals surface area contributed by atoms with Crippen molar-refractivity contribution in [3.05, 3.63) is 99.3 Å². The molecule has 3 atom stereocenters. The molecule has 0 aromatic heterocycles. The van der Waals surface area contributed by atoms with E-state index in [1.54, 1.807) is 30.3 Å². The van der Waals surface area contributed by atoms with Crippen LogP contribution in [0.15, 0.2) is 78.1 Å². The number of hydrogen-bond acceptors (Lipinski definition) is 6. The van der Waals surface area contributed by atoms with Gasteiger partial charge in [0.15, 0.2) is 11.2 Å². The number of benzene rings is 2. The van der Waals surface area contributed by atoms with Crippen LogP contribution in [0, 0.1) is 21.4 Å². The molecule has 7 nitrogen and oxygen atoms in total. The van der Waals surface area contributed by atoms with Crippen molar-refractivity contribution in [2.75, 3.05) is 20.3 Å². The lowest BCUT2D eigenvalue weighted by Crippen LogP contribution is -2.50. The lowest BCUT2D eigenvalue weighted by molar-refractivity contribution is -0.485. The molecular formula is C27H27NO6. The fourth-order valence-corrected chi connectivity index (χ4v) is 5.33. The zero-order chi connectivity index (χ0) is 24.1. The molecule has 1 heterocycles. The lowest BCUT2D eigenvalue weighted by Gasteiger charge is -2.37. The van der Waals surface area contributed by atoms with E-state index in [4.69, 9.17) is 9.47 Å². The fourth-order valence-electron chi connectivity index (χ4n) is 5.33. The maximum atomic E-state index is 14.0. The van der Waals surface area contributed by atoms with Gasteiger partial charge in [0.1, 0.15) is 0 Å². The highest BCUT2D eigenvalue weighted by Crippen LogP contribution is 2.57. The number of allylic oxidation sites excluding steroid dienone is 3. The molecule has 0 unspecified atom stereocenters. The predicted octanol–water partition coefficient (Wildman–Crippen LogP) is 4.57. The Morgan fingerprint density at radius 2 is 1.88 bits per heavy atom. The third kappa shape index (κ3) is 4.14. The van der Waals surface area contributed by atoms with E-state index >= 15 is 0 Å². The molecule has 176 valence electrons. The van der Waals surface area contributed by atoms with Gasteiger partial charge in [-0.05, 0) is 36.0 Å². The van der Waals surface area contributed by atoms with Gasteiger partial charge >= 0.3 is 5.97 Å². The van der Waals surface area contributed by atoms with Gasteiger partial charge in [-0.15, -0.1) is 0 Å². The van der Waals surface area contributed by atoms with E-state index in [0.29, 0.717) is 31.4 Å². The number of ether oxygens (including phenoxy) is 2. The number of carbonyl (C=O) groups is 2. The minimum atomic E-state index is -1.78. The van der Waals surface area contributed by atoms with E-state index < -0.39 is 40.5 Å². The SMILES string of the molecule is COC(=O)[C@]1([C@@H](C[N+](=O)[O-])c2ccccc2)C(=O)C2=C(CCCO2)[C@H]1C/C=C/c1ccccc1. The number of rotatable bonds is 8. The first-order chi connectivity index (χ1) is 16.5. The second-order valence-corrected chi connectivity index (χ2v) is 8.58. The molecule has 4 rings (SSSR count). The normalized spacial score (nSPS) is 22.9. The Kier molecular flexibility index (Phi) is 6.91. The second kappa shape index (κ2) is 10.0. The summed E-state index contributed by atoms with van der Waals surface area (Å²) in [5.74, 6) is -2.70. The van der Waals surface area contributed by atoms with Crippen molar-refractivity contribution in [3.63, 3.8) is 0 Å². The van der Waals surface area contributed by atoms with Crippen LogP contribution in [0.3, 0.4) is 0 Å². The predicted molar refractivity (Wildman–Crippen MR) is 126 cm³/mol. The molecule has 0 N–H and O–H groups in total. The first-order valence-corrected chi connectivity index (χ1v) is 11.4. The summed E-state index contributed by atoms with van der Waals surface area (Å²) >= 11 is 0. The number of hydrogen-bond donors (Lipinski definition) is 0. The highest BCUT2D eigenvalue weighted by molar-refractivity contribution is 6.15. The van der Waals surface area contributed by atoms with Crippen molar-refractivity contribution in [3.8, 4) is 0 Å². The van der Waals surface area contributed by atoms with E-state index in [0.717, 1.165) is 11.1 Å². The first-order valence-electron chi connectivity index (χ1n) is 11.4. The average Bonchev–Trinajstić information content (AvgIpc) is 3.12. The number of Topliss-reactive ketones (excluding diaryl/α,β-unsaturated/α-hetero) is 1. The van der Waals surface area contributed by atoms with Crippen LogP contribution in [0.1, 0.15) is 36.3 Å². The smallest absolute Gasteiger partial charge is 0.321 e. The number of ketones is 1. The Bertz CT molecular complexity index is 1120.